The van der Waals surface area contributed by atoms with Crippen LogP contribution in [0.15, 0.2) is 47.6 Å². The number of H-pyrrole nitrogens is 1. The number of rotatable bonds is 9. The fourth-order valence-corrected chi connectivity index (χ4v) is 3.43. The van der Waals surface area contributed by atoms with Crippen molar-refractivity contribution >= 4 is 40.8 Å². The Kier molecular flexibility index (Phi) is 9.90. The number of hydrogen-bond donors (Lipinski definition) is 3. The Balaban J connectivity index is 0.00000341. The number of guanidine groups is 1. The van der Waals surface area contributed by atoms with E-state index in [-0.39, 0.29) is 29.8 Å². The van der Waals surface area contributed by atoms with Crippen molar-refractivity contribution in [1.82, 2.24) is 15.6 Å². The van der Waals surface area contributed by atoms with E-state index in [0.29, 0.717) is 6.54 Å². The molecule has 168 valence electrons. The Bertz CT molecular complexity index is 1010. The van der Waals surface area contributed by atoms with Gasteiger partial charge in [-0.2, -0.15) is 0 Å². The molecule has 0 bridgehead atoms. The van der Waals surface area contributed by atoms with Gasteiger partial charge in [0.1, 0.15) is 5.82 Å². The maximum absolute atomic E-state index is 13.5. The zero-order valence-electron chi connectivity index (χ0n) is 18.1. The number of methoxy groups -OCH3 is 2. The summed E-state index contributed by atoms with van der Waals surface area (Å²) in [5.74, 6) is 2.02. The average Bonchev–Trinajstić information content (AvgIpc) is 3.17. The number of aliphatic imine (C=N–C) groups is 1. The van der Waals surface area contributed by atoms with E-state index in [2.05, 4.69) is 26.7 Å². The van der Waals surface area contributed by atoms with E-state index in [1.807, 2.05) is 18.3 Å². The molecule has 0 aliphatic heterocycles. The van der Waals surface area contributed by atoms with E-state index < -0.39 is 0 Å². The van der Waals surface area contributed by atoms with Crippen LogP contribution in [0.4, 0.5) is 4.39 Å². The average molecular weight is 540 g/mol. The van der Waals surface area contributed by atoms with Crippen molar-refractivity contribution in [2.75, 3.05) is 34.4 Å². The first-order chi connectivity index (χ1) is 14.6. The van der Waals surface area contributed by atoms with Crippen molar-refractivity contribution < 1.29 is 13.9 Å². The molecule has 0 amide bonds. The lowest BCUT2D eigenvalue weighted by molar-refractivity contribution is 0.354. The lowest BCUT2D eigenvalue weighted by Crippen LogP contribution is -2.38. The predicted octanol–water partition coefficient (Wildman–Crippen LogP) is 4.28. The van der Waals surface area contributed by atoms with Gasteiger partial charge in [0.15, 0.2) is 17.5 Å². The molecular formula is C23H30FIN4O2. The Labute approximate surface area is 199 Å². The largest absolute Gasteiger partial charge is 0.493 e. The third-order valence-electron chi connectivity index (χ3n) is 5.02. The van der Waals surface area contributed by atoms with E-state index in [0.717, 1.165) is 59.7 Å². The molecule has 3 N–H and O–H groups in total. The summed E-state index contributed by atoms with van der Waals surface area (Å²) in [6, 6.07) is 10.8. The van der Waals surface area contributed by atoms with Crippen molar-refractivity contribution in [1.29, 1.82) is 0 Å². The SMILES string of the molecule is CN=C(NCCCc1ccc(OC)c(OC)c1)NCCc1c[nH]c2ccc(F)cc12.I. The van der Waals surface area contributed by atoms with Crippen molar-refractivity contribution in [3.8, 4) is 11.5 Å². The highest BCUT2D eigenvalue weighted by atomic mass is 127. The van der Waals surface area contributed by atoms with Crippen LogP contribution in [0, 0.1) is 5.82 Å². The molecular weight excluding hydrogens is 510 g/mol. The van der Waals surface area contributed by atoms with Crippen LogP contribution in [0.3, 0.4) is 0 Å². The van der Waals surface area contributed by atoms with Crippen LogP contribution in [-0.2, 0) is 12.8 Å². The molecule has 3 aromatic rings. The van der Waals surface area contributed by atoms with Gasteiger partial charge in [-0.25, -0.2) is 4.39 Å². The molecule has 8 heteroatoms. The number of nitrogens with zero attached hydrogens (tertiary/aromatic N) is 1. The van der Waals surface area contributed by atoms with Gasteiger partial charge in [-0.1, -0.05) is 6.07 Å². The van der Waals surface area contributed by atoms with Crippen molar-refractivity contribution in [3.05, 3.63) is 59.5 Å². The quantitative estimate of drug-likeness (QED) is 0.164. The molecule has 2 aromatic carbocycles. The summed E-state index contributed by atoms with van der Waals surface area (Å²) in [5.41, 5.74) is 3.23. The van der Waals surface area contributed by atoms with E-state index in [9.17, 15) is 4.39 Å². The van der Waals surface area contributed by atoms with Gasteiger partial charge in [-0.3, -0.25) is 4.99 Å². The van der Waals surface area contributed by atoms with Gasteiger partial charge < -0.3 is 25.1 Å². The summed E-state index contributed by atoms with van der Waals surface area (Å²) in [6.07, 6.45) is 4.59. The maximum atomic E-state index is 13.5. The van der Waals surface area contributed by atoms with Gasteiger partial charge in [0.2, 0.25) is 0 Å². The van der Waals surface area contributed by atoms with Gasteiger partial charge in [0.25, 0.3) is 0 Å². The summed E-state index contributed by atoms with van der Waals surface area (Å²) in [5, 5.41) is 7.57. The van der Waals surface area contributed by atoms with Crippen molar-refractivity contribution in [2.45, 2.75) is 19.3 Å². The minimum atomic E-state index is -0.219. The normalized spacial score (nSPS) is 11.2. The third-order valence-corrected chi connectivity index (χ3v) is 5.02. The number of aromatic nitrogens is 1. The zero-order chi connectivity index (χ0) is 21.3. The van der Waals surface area contributed by atoms with Gasteiger partial charge in [-0.15, -0.1) is 24.0 Å². The highest BCUT2D eigenvalue weighted by Gasteiger charge is 2.06. The minimum absolute atomic E-state index is 0. The molecule has 0 aliphatic rings. The number of ether oxygens (including phenoxy) is 2. The molecule has 31 heavy (non-hydrogen) atoms. The third kappa shape index (κ3) is 6.75. The van der Waals surface area contributed by atoms with Crippen LogP contribution in [0.5, 0.6) is 11.5 Å². The van der Waals surface area contributed by atoms with Gasteiger partial charge >= 0.3 is 0 Å². The number of aromatic amines is 1. The van der Waals surface area contributed by atoms with E-state index in [1.165, 1.54) is 11.6 Å². The molecule has 0 radical (unpaired) electrons. The fourth-order valence-electron chi connectivity index (χ4n) is 3.43. The van der Waals surface area contributed by atoms with Crippen LogP contribution in [0.2, 0.25) is 0 Å². The van der Waals surface area contributed by atoms with E-state index in [4.69, 9.17) is 9.47 Å². The highest BCUT2D eigenvalue weighted by Crippen LogP contribution is 2.27. The second-order valence-electron chi connectivity index (χ2n) is 6.97. The molecule has 0 atom stereocenters. The first-order valence-electron chi connectivity index (χ1n) is 10.1. The summed E-state index contributed by atoms with van der Waals surface area (Å²) < 4.78 is 24.1. The highest BCUT2D eigenvalue weighted by molar-refractivity contribution is 14.0. The Morgan fingerprint density at radius 3 is 2.52 bits per heavy atom. The zero-order valence-corrected chi connectivity index (χ0v) is 20.5. The number of benzene rings is 2. The predicted molar refractivity (Wildman–Crippen MR) is 135 cm³/mol. The second-order valence-corrected chi connectivity index (χ2v) is 6.97. The lowest BCUT2D eigenvalue weighted by Gasteiger charge is -2.12. The van der Waals surface area contributed by atoms with E-state index >= 15 is 0 Å². The topological polar surface area (TPSA) is 70.7 Å². The maximum Gasteiger partial charge on any atom is 0.190 e. The number of aryl methyl sites for hydroxylation is 1. The first kappa shape index (κ1) is 24.8. The van der Waals surface area contributed by atoms with Crippen LogP contribution in [-0.4, -0.2) is 45.3 Å². The smallest absolute Gasteiger partial charge is 0.190 e. The van der Waals surface area contributed by atoms with Gasteiger partial charge in [0.05, 0.1) is 14.2 Å². The van der Waals surface area contributed by atoms with Crippen molar-refractivity contribution in [2.24, 2.45) is 4.99 Å². The summed E-state index contributed by atoms with van der Waals surface area (Å²) in [4.78, 5) is 7.45. The number of halogens is 2. The Morgan fingerprint density at radius 1 is 1.00 bits per heavy atom. The van der Waals surface area contributed by atoms with Crippen LogP contribution < -0.4 is 20.1 Å². The molecule has 0 unspecified atom stereocenters. The number of hydrogen-bond acceptors (Lipinski definition) is 3. The minimum Gasteiger partial charge on any atom is -0.493 e. The van der Waals surface area contributed by atoms with Crippen molar-refractivity contribution in [3.63, 3.8) is 0 Å². The van der Waals surface area contributed by atoms with Crippen LogP contribution in [0.1, 0.15) is 17.5 Å². The summed E-state index contributed by atoms with van der Waals surface area (Å²) in [6.45, 7) is 1.51. The molecule has 6 nitrogen and oxygen atoms in total. The summed E-state index contributed by atoms with van der Waals surface area (Å²) in [7, 11) is 5.03. The second kappa shape index (κ2) is 12.4. The summed E-state index contributed by atoms with van der Waals surface area (Å²) >= 11 is 0. The van der Waals surface area contributed by atoms with E-state index in [1.54, 1.807) is 33.4 Å². The standard InChI is InChI=1S/C23H29FN4O2.HI/c1-25-23(26-11-4-5-16-6-9-21(29-2)22(13-16)30-3)27-12-10-17-15-28-20-8-7-18(24)14-19(17)20;/h6-9,13-15,28H,4-5,10-12H2,1-3H3,(H2,25,26,27);1H. The van der Waals surface area contributed by atoms with Gasteiger partial charge in [-0.05, 0) is 60.7 Å². The Hall–Kier alpha value is -2.49. The molecule has 0 saturated heterocycles. The molecule has 0 saturated carbocycles. The Morgan fingerprint density at radius 2 is 1.77 bits per heavy atom. The molecule has 0 spiro atoms. The van der Waals surface area contributed by atoms with Crippen LogP contribution in [0.25, 0.3) is 10.9 Å². The molecule has 0 aliphatic carbocycles. The molecule has 1 heterocycles. The van der Waals surface area contributed by atoms with Gasteiger partial charge in [0, 0.05) is 37.2 Å². The molecule has 0 fully saturated rings. The number of nitrogens with one attached hydrogen (secondary N) is 3. The van der Waals surface area contributed by atoms with Crippen LogP contribution >= 0.6 is 24.0 Å². The fraction of sp³-hybridized carbons (Fsp3) is 0.348. The molecule has 1 aromatic heterocycles. The lowest BCUT2D eigenvalue weighted by atomic mass is 10.1. The first-order valence-corrected chi connectivity index (χ1v) is 10.1. The molecule has 3 rings (SSSR count). The monoisotopic (exact) mass is 540 g/mol. The number of fused-ring (bicyclic) bond motifs is 1.